The molecule has 0 aliphatic heterocycles. The summed E-state index contributed by atoms with van der Waals surface area (Å²) >= 11 is 0. The molecule has 114 valence electrons. The quantitative estimate of drug-likeness (QED) is 0.877. The van der Waals surface area contributed by atoms with Crippen molar-refractivity contribution in [2.45, 2.75) is 52.4 Å². The molecular formula is C14H20N4O3. The summed E-state index contributed by atoms with van der Waals surface area (Å²) in [6.45, 7) is 3.56. The molecule has 1 aromatic rings. The van der Waals surface area contributed by atoms with Crippen LogP contribution in [0.2, 0.25) is 0 Å². The molecule has 21 heavy (non-hydrogen) atoms. The Morgan fingerprint density at radius 2 is 1.81 bits per heavy atom. The highest BCUT2D eigenvalue weighted by atomic mass is 16.4. The summed E-state index contributed by atoms with van der Waals surface area (Å²) in [6, 6.07) is 0. The van der Waals surface area contributed by atoms with E-state index in [4.69, 9.17) is 0 Å². The Kier molecular flexibility index (Phi) is 4.50. The fourth-order valence-electron chi connectivity index (χ4n) is 2.68. The van der Waals surface area contributed by atoms with Gasteiger partial charge in [0.15, 0.2) is 0 Å². The maximum absolute atomic E-state index is 12.1. The Hall–Kier alpha value is -2.05. The Bertz CT molecular complexity index is 553. The van der Waals surface area contributed by atoms with Gasteiger partial charge in [-0.1, -0.05) is 19.3 Å². The van der Waals surface area contributed by atoms with Crippen LogP contribution in [-0.2, 0) is 9.59 Å². The van der Waals surface area contributed by atoms with Gasteiger partial charge in [-0.15, -0.1) is 5.10 Å². The molecule has 0 saturated heterocycles. The normalized spacial score (nSPS) is 17.2. The minimum atomic E-state index is -0.949. The average molecular weight is 292 g/mol. The molecule has 1 heterocycles. The number of amides is 1. The monoisotopic (exact) mass is 292 g/mol. The second-order valence-electron chi connectivity index (χ2n) is 5.68. The third kappa shape index (κ3) is 3.53. The number of carboxylic acid groups (broad SMARTS) is 1. The topological polar surface area (TPSA) is 105 Å². The van der Waals surface area contributed by atoms with Crippen molar-refractivity contribution in [3.05, 3.63) is 11.4 Å². The number of carbonyl (C=O) groups excluding carboxylic acids is 1. The van der Waals surface area contributed by atoms with E-state index in [2.05, 4.69) is 20.5 Å². The van der Waals surface area contributed by atoms with Crippen molar-refractivity contribution < 1.29 is 14.7 Å². The fraction of sp³-hybridized carbons (Fsp3) is 0.643. The van der Waals surface area contributed by atoms with Crippen molar-refractivity contribution in [1.82, 2.24) is 15.2 Å². The van der Waals surface area contributed by atoms with E-state index >= 15 is 0 Å². The second kappa shape index (κ2) is 6.15. The zero-order chi connectivity index (χ0) is 15.5. The van der Waals surface area contributed by atoms with Crippen molar-refractivity contribution in [3.8, 4) is 0 Å². The molecule has 1 aliphatic rings. The van der Waals surface area contributed by atoms with Crippen LogP contribution in [0.1, 0.15) is 49.9 Å². The lowest BCUT2D eigenvalue weighted by Gasteiger charge is -2.32. The van der Waals surface area contributed by atoms with Gasteiger partial charge in [0.25, 0.3) is 0 Å². The van der Waals surface area contributed by atoms with Gasteiger partial charge in [0.1, 0.15) is 0 Å². The standard InChI is InChI=1S/C14H20N4O3/c1-9-10(2)17-18-13(15-9)16-11(19)8-14(12(20)21)6-4-3-5-7-14/h3-8H2,1-2H3,(H,20,21)(H,15,16,18,19). The van der Waals surface area contributed by atoms with E-state index in [-0.39, 0.29) is 18.3 Å². The molecule has 1 aromatic heterocycles. The predicted molar refractivity (Wildman–Crippen MR) is 75.7 cm³/mol. The first-order valence-electron chi connectivity index (χ1n) is 7.14. The SMILES string of the molecule is Cc1nnc(NC(=O)CC2(C(=O)O)CCCCC2)nc1C. The number of rotatable bonds is 4. The number of hydrogen-bond acceptors (Lipinski definition) is 5. The number of aromatic nitrogens is 3. The van der Waals surface area contributed by atoms with E-state index in [0.717, 1.165) is 19.3 Å². The maximum Gasteiger partial charge on any atom is 0.310 e. The molecule has 1 amide bonds. The minimum Gasteiger partial charge on any atom is -0.481 e. The lowest BCUT2D eigenvalue weighted by molar-refractivity contribution is -0.153. The highest BCUT2D eigenvalue weighted by Crippen LogP contribution is 2.39. The number of nitrogens with one attached hydrogen (secondary N) is 1. The van der Waals surface area contributed by atoms with Crippen LogP contribution in [0.4, 0.5) is 5.95 Å². The van der Waals surface area contributed by atoms with Crippen LogP contribution < -0.4 is 5.32 Å². The van der Waals surface area contributed by atoms with Gasteiger partial charge in [-0.2, -0.15) is 5.10 Å². The van der Waals surface area contributed by atoms with Crippen LogP contribution in [0, 0.1) is 19.3 Å². The third-order valence-corrected chi connectivity index (χ3v) is 4.11. The highest BCUT2D eigenvalue weighted by molar-refractivity contribution is 5.93. The molecule has 2 rings (SSSR count). The molecule has 1 aliphatic carbocycles. The van der Waals surface area contributed by atoms with Gasteiger partial charge < -0.3 is 5.11 Å². The van der Waals surface area contributed by atoms with E-state index in [1.165, 1.54) is 0 Å². The largest absolute Gasteiger partial charge is 0.481 e. The molecular weight excluding hydrogens is 272 g/mol. The first-order chi connectivity index (χ1) is 9.93. The molecule has 1 saturated carbocycles. The van der Waals surface area contributed by atoms with E-state index in [1.54, 1.807) is 13.8 Å². The lowest BCUT2D eigenvalue weighted by Crippen LogP contribution is -2.37. The van der Waals surface area contributed by atoms with Gasteiger partial charge in [0.2, 0.25) is 11.9 Å². The molecule has 0 spiro atoms. The Labute approximate surface area is 123 Å². The molecule has 7 nitrogen and oxygen atoms in total. The van der Waals surface area contributed by atoms with Crippen LogP contribution in [-0.4, -0.2) is 32.2 Å². The van der Waals surface area contributed by atoms with Gasteiger partial charge in [0.05, 0.1) is 16.8 Å². The molecule has 0 radical (unpaired) electrons. The first kappa shape index (κ1) is 15.3. The van der Waals surface area contributed by atoms with Gasteiger partial charge in [-0.05, 0) is 26.7 Å². The van der Waals surface area contributed by atoms with Crippen LogP contribution in [0.25, 0.3) is 0 Å². The van der Waals surface area contributed by atoms with Crippen molar-refractivity contribution in [2.24, 2.45) is 5.41 Å². The molecule has 7 heteroatoms. The van der Waals surface area contributed by atoms with Crippen molar-refractivity contribution >= 4 is 17.8 Å². The van der Waals surface area contributed by atoms with Gasteiger partial charge in [0, 0.05) is 6.42 Å². The van der Waals surface area contributed by atoms with Crippen LogP contribution >= 0.6 is 0 Å². The van der Waals surface area contributed by atoms with Crippen molar-refractivity contribution in [2.75, 3.05) is 5.32 Å². The van der Waals surface area contributed by atoms with Crippen molar-refractivity contribution in [1.29, 1.82) is 0 Å². The Morgan fingerprint density at radius 3 is 2.38 bits per heavy atom. The van der Waals surface area contributed by atoms with Crippen LogP contribution in [0.15, 0.2) is 0 Å². The molecule has 0 bridgehead atoms. The van der Waals surface area contributed by atoms with Crippen LogP contribution in [0.3, 0.4) is 0 Å². The summed E-state index contributed by atoms with van der Waals surface area (Å²) in [7, 11) is 0. The first-order valence-corrected chi connectivity index (χ1v) is 7.14. The number of aryl methyl sites for hydroxylation is 2. The molecule has 0 aromatic carbocycles. The highest BCUT2D eigenvalue weighted by Gasteiger charge is 2.41. The summed E-state index contributed by atoms with van der Waals surface area (Å²) in [5, 5.41) is 19.7. The minimum absolute atomic E-state index is 0.0430. The van der Waals surface area contributed by atoms with Gasteiger partial charge >= 0.3 is 5.97 Å². The summed E-state index contributed by atoms with van der Waals surface area (Å²) < 4.78 is 0. The van der Waals surface area contributed by atoms with E-state index in [9.17, 15) is 14.7 Å². The summed E-state index contributed by atoms with van der Waals surface area (Å²) in [5.41, 5.74) is 0.434. The second-order valence-corrected chi connectivity index (χ2v) is 5.68. The smallest absolute Gasteiger partial charge is 0.310 e. The molecule has 0 atom stereocenters. The zero-order valence-corrected chi connectivity index (χ0v) is 12.3. The molecule has 1 fully saturated rings. The number of nitrogens with zero attached hydrogens (tertiary/aromatic N) is 3. The third-order valence-electron chi connectivity index (χ3n) is 4.11. The number of carboxylic acids is 1. The number of hydrogen-bond donors (Lipinski definition) is 2. The number of anilines is 1. The number of carbonyl (C=O) groups is 2. The Morgan fingerprint density at radius 1 is 1.14 bits per heavy atom. The molecule has 0 unspecified atom stereocenters. The summed E-state index contributed by atoms with van der Waals surface area (Å²) in [5.74, 6) is -1.14. The zero-order valence-electron chi connectivity index (χ0n) is 12.3. The fourth-order valence-corrected chi connectivity index (χ4v) is 2.68. The van der Waals surface area contributed by atoms with E-state index in [1.807, 2.05) is 0 Å². The molecule has 2 N–H and O–H groups in total. The van der Waals surface area contributed by atoms with E-state index in [0.29, 0.717) is 24.2 Å². The van der Waals surface area contributed by atoms with Crippen molar-refractivity contribution in [3.63, 3.8) is 0 Å². The summed E-state index contributed by atoms with van der Waals surface area (Å²) in [6.07, 6.45) is 3.77. The maximum atomic E-state index is 12.1. The average Bonchev–Trinajstić information content (AvgIpc) is 2.43. The predicted octanol–water partition coefficient (Wildman–Crippen LogP) is 1.85. The lowest BCUT2D eigenvalue weighted by atomic mass is 9.71. The van der Waals surface area contributed by atoms with Gasteiger partial charge in [-0.3, -0.25) is 14.9 Å². The Balaban J connectivity index is 2.05. The number of aliphatic carboxylic acids is 1. The van der Waals surface area contributed by atoms with E-state index < -0.39 is 11.4 Å². The summed E-state index contributed by atoms with van der Waals surface area (Å²) in [4.78, 5) is 27.8. The van der Waals surface area contributed by atoms with Crippen LogP contribution in [0.5, 0.6) is 0 Å². The van der Waals surface area contributed by atoms with Gasteiger partial charge in [-0.25, -0.2) is 4.98 Å².